The third-order valence-corrected chi connectivity index (χ3v) is 3.84. The lowest BCUT2D eigenvalue weighted by atomic mass is 10.2. The maximum absolute atomic E-state index is 5.08. The molecule has 0 radical (unpaired) electrons. The highest BCUT2D eigenvalue weighted by atomic mass is 79.9. The van der Waals surface area contributed by atoms with Crippen LogP contribution in [0.15, 0.2) is 27.6 Å². The third kappa shape index (κ3) is 5.91. The van der Waals surface area contributed by atoms with Crippen LogP contribution in [0, 0.1) is 0 Å². The average molecular weight is 318 g/mol. The molecule has 1 aromatic rings. The van der Waals surface area contributed by atoms with E-state index in [1.54, 1.807) is 7.11 Å². The van der Waals surface area contributed by atoms with Gasteiger partial charge in [0.1, 0.15) is 0 Å². The maximum Gasteiger partial charge on any atom is 0.0556 e. The van der Waals surface area contributed by atoms with Gasteiger partial charge in [-0.3, -0.25) is 0 Å². The number of benzene rings is 1. The van der Waals surface area contributed by atoms with Gasteiger partial charge in [0.15, 0.2) is 0 Å². The van der Waals surface area contributed by atoms with E-state index in [2.05, 4.69) is 53.3 Å². The summed E-state index contributed by atoms with van der Waals surface area (Å²) in [4.78, 5) is 1.33. The number of hydrogen-bond donors (Lipinski definition) is 1. The minimum atomic E-state index is 0.505. The fourth-order valence-corrected chi connectivity index (χ4v) is 2.74. The number of ether oxygens (including phenoxy) is 1. The molecule has 0 aliphatic rings. The predicted octanol–water partition coefficient (Wildman–Crippen LogP) is 3.69. The molecule has 2 nitrogen and oxygen atoms in total. The molecule has 0 saturated carbocycles. The van der Waals surface area contributed by atoms with Crippen LogP contribution in [0.2, 0.25) is 0 Å². The fourth-order valence-electron chi connectivity index (χ4n) is 1.38. The minimum Gasteiger partial charge on any atom is -0.384 e. The first-order valence-corrected chi connectivity index (χ1v) is 7.55. The molecular formula is C13H20BrNOS. The van der Waals surface area contributed by atoms with Crippen molar-refractivity contribution in [2.75, 3.05) is 19.5 Å². The van der Waals surface area contributed by atoms with E-state index < -0.39 is 0 Å². The molecular weight excluding hydrogens is 298 g/mol. The SMILES string of the molecule is COCCSc1ccc(Br)cc1CNC(C)C. The van der Waals surface area contributed by atoms with Gasteiger partial charge in [-0.2, -0.15) is 0 Å². The molecule has 0 amide bonds. The summed E-state index contributed by atoms with van der Waals surface area (Å²) in [6.07, 6.45) is 0. The Bertz CT molecular complexity index is 344. The van der Waals surface area contributed by atoms with E-state index in [4.69, 9.17) is 4.74 Å². The zero-order chi connectivity index (χ0) is 12.7. The summed E-state index contributed by atoms with van der Waals surface area (Å²) < 4.78 is 6.21. The molecule has 0 atom stereocenters. The Morgan fingerprint density at radius 2 is 2.18 bits per heavy atom. The summed E-state index contributed by atoms with van der Waals surface area (Å²) in [7, 11) is 1.74. The Labute approximate surface area is 117 Å². The summed E-state index contributed by atoms with van der Waals surface area (Å²) in [5.41, 5.74) is 1.34. The number of thioether (sulfide) groups is 1. The van der Waals surface area contributed by atoms with Gasteiger partial charge in [0.05, 0.1) is 6.61 Å². The summed E-state index contributed by atoms with van der Waals surface area (Å²) in [6, 6.07) is 6.95. The smallest absolute Gasteiger partial charge is 0.0556 e. The second-order valence-corrected chi connectivity index (χ2v) is 6.18. The second-order valence-electron chi connectivity index (χ2n) is 4.13. The standard InChI is InChI=1S/C13H20BrNOS/c1-10(2)15-9-11-8-12(14)4-5-13(11)17-7-6-16-3/h4-5,8,10,15H,6-7,9H2,1-3H3. The van der Waals surface area contributed by atoms with Crippen molar-refractivity contribution in [1.82, 2.24) is 5.32 Å². The Morgan fingerprint density at radius 3 is 2.82 bits per heavy atom. The van der Waals surface area contributed by atoms with Crippen molar-refractivity contribution in [3.63, 3.8) is 0 Å². The first-order valence-electron chi connectivity index (χ1n) is 5.77. The summed E-state index contributed by atoms with van der Waals surface area (Å²) in [6.45, 7) is 6.02. The summed E-state index contributed by atoms with van der Waals surface area (Å²) in [5, 5.41) is 3.45. The molecule has 0 saturated heterocycles. The molecule has 0 heterocycles. The zero-order valence-electron chi connectivity index (χ0n) is 10.6. The number of rotatable bonds is 7. The monoisotopic (exact) mass is 317 g/mol. The van der Waals surface area contributed by atoms with Gasteiger partial charge in [-0.15, -0.1) is 11.8 Å². The fraction of sp³-hybridized carbons (Fsp3) is 0.538. The molecule has 4 heteroatoms. The largest absolute Gasteiger partial charge is 0.384 e. The maximum atomic E-state index is 5.08. The van der Waals surface area contributed by atoms with Gasteiger partial charge < -0.3 is 10.1 Å². The molecule has 1 aromatic carbocycles. The summed E-state index contributed by atoms with van der Waals surface area (Å²) >= 11 is 5.37. The van der Waals surface area contributed by atoms with Crippen LogP contribution in [-0.2, 0) is 11.3 Å². The highest BCUT2D eigenvalue weighted by molar-refractivity contribution is 9.10. The van der Waals surface area contributed by atoms with Crippen molar-refractivity contribution in [3.05, 3.63) is 28.2 Å². The first-order chi connectivity index (χ1) is 8.13. The van der Waals surface area contributed by atoms with Gasteiger partial charge in [-0.05, 0) is 23.8 Å². The van der Waals surface area contributed by atoms with Crippen LogP contribution in [0.1, 0.15) is 19.4 Å². The van der Waals surface area contributed by atoms with E-state index in [1.165, 1.54) is 10.5 Å². The van der Waals surface area contributed by atoms with Crippen LogP contribution in [0.25, 0.3) is 0 Å². The Balaban J connectivity index is 2.66. The Kier molecular flexibility index (Phi) is 7.19. The van der Waals surface area contributed by atoms with Crippen molar-refractivity contribution in [2.24, 2.45) is 0 Å². The van der Waals surface area contributed by atoms with Crippen LogP contribution in [0.5, 0.6) is 0 Å². The van der Waals surface area contributed by atoms with Crippen molar-refractivity contribution in [1.29, 1.82) is 0 Å². The van der Waals surface area contributed by atoms with Gasteiger partial charge in [0, 0.05) is 34.8 Å². The molecule has 1 rings (SSSR count). The number of methoxy groups -OCH3 is 1. The molecule has 0 aromatic heterocycles. The lowest BCUT2D eigenvalue weighted by molar-refractivity contribution is 0.218. The van der Waals surface area contributed by atoms with Gasteiger partial charge in [-0.25, -0.2) is 0 Å². The van der Waals surface area contributed by atoms with Crippen LogP contribution in [-0.4, -0.2) is 25.5 Å². The van der Waals surface area contributed by atoms with Crippen LogP contribution in [0.3, 0.4) is 0 Å². The number of halogens is 1. The molecule has 0 fully saturated rings. The number of nitrogens with one attached hydrogen (secondary N) is 1. The summed E-state index contributed by atoms with van der Waals surface area (Å²) in [5.74, 6) is 0.993. The van der Waals surface area contributed by atoms with Gasteiger partial charge >= 0.3 is 0 Å². The predicted molar refractivity (Wildman–Crippen MR) is 78.7 cm³/mol. The van der Waals surface area contributed by atoms with E-state index in [9.17, 15) is 0 Å². The quantitative estimate of drug-likeness (QED) is 0.612. The highest BCUT2D eigenvalue weighted by Gasteiger charge is 2.04. The van der Waals surface area contributed by atoms with E-state index in [1.807, 2.05) is 11.8 Å². The molecule has 0 spiro atoms. The molecule has 1 N–H and O–H groups in total. The average Bonchev–Trinajstić information content (AvgIpc) is 2.29. The van der Waals surface area contributed by atoms with Crippen molar-refractivity contribution < 1.29 is 4.74 Å². The minimum absolute atomic E-state index is 0.505. The third-order valence-electron chi connectivity index (χ3n) is 2.27. The van der Waals surface area contributed by atoms with Crippen LogP contribution >= 0.6 is 27.7 Å². The van der Waals surface area contributed by atoms with Crippen molar-refractivity contribution >= 4 is 27.7 Å². The lowest BCUT2D eigenvalue weighted by Crippen LogP contribution is -2.22. The molecule has 0 aliphatic carbocycles. The first kappa shape index (κ1) is 15.0. The molecule has 0 unspecified atom stereocenters. The number of hydrogen-bond acceptors (Lipinski definition) is 3. The zero-order valence-corrected chi connectivity index (χ0v) is 13.0. The Morgan fingerprint density at radius 1 is 1.41 bits per heavy atom. The van der Waals surface area contributed by atoms with Gasteiger partial charge in [0.2, 0.25) is 0 Å². The van der Waals surface area contributed by atoms with Gasteiger partial charge in [0.25, 0.3) is 0 Å². The van der Waals surface area contributed by atoms with E-state index in [0.717, 1.165) is 23.4 Å². The molecule has 0 aliphatic heterocycles. The molecule has 96 valence electrons. The normalized spacial score (nSPS) is 11.1. The molecule has 0 bridgehead atoms. The Hall–Kier alpha value is -0.0300. The van der Waals surface area contributed by atoms with E-state index >= 15 is 0 Å². The second kappa shape index (κ2) is 8.14. The van der Waals surface area contributed by atoms with Crippen LogP contribution < -0.4 is 5.32 Å². The topological polar surface area (TPSA) is 21.3 Å². The highest BCUT2D eigenvalue weighted by Crippen LogP contribution is 2.26. The van der Waals surface area contributed by atoms with Crippen molar-refractivity contribution in [2.45, 2.75) is 31.3 Å². The van der Waals surface area contributed by atoms with Gasteiger partial charge in [-0.1, -0.05) is 29.8 Å². The van der Waals surface area contributed by atoms with Crippen molar-refractivity contribution in [3.8, 4) is 0 Å². The molecule has 17 heavy (non-hydrogen) atoms. The van der Waals surface area contributed by atoms with E-state index in [-0.39, 0.29) is 0 Å². The van der Waals surface area contributed by atoms with E-state index in [0.29, 0.717) is 6.04 Å². The lowest BCUT2D eigenvalue weighted by Gasteiger charge is -2.12. The van der Waals surface area contributed by atoms with Crippen LogP contribution in [0.4, 0.5) is 0 Å².